The Balaban J connectivity index is 1.78. The fourth-order valence-electron chi connectivity index (χ4n) is 3.76. The van der Waals surface area contributed by atoms with E-state index in [1.54, 1.807) is 31.3 Å². The average molecular weight is 434 g/mol. The summed E-state index contributed by atoms with van der Waals surface area (Å²) in [7, 11) is 1.55. The number of halogens is 3. The van der Waals surface area contributed by atoms with Crippen molar-refractivity contribution < 1.29 is 18.3 Å². The predicted octanol–water partition coefficient (Wildman–Crippen LogP) is 3.19. The second-order valence-corrected chi connectivity index (χ2v) is 7.61. The zero-order valence-electron chi connectivity index (χ0n) is 15.9. The van der Waals surface area contributed by atoms with Crippen LogP contribution in [0.2, 0.25) is 5.02 Å². The summed E-state index contributed by atoms with van der Waals surface area (Å²) in [5.41, 5.74) is 7.05. The lowest BCUT2D eigenvalue weighted by atomic mass is 9.94. The van der Waals surface area contributed by atoms with Crippen LogP contribution in [-0.2, 0) is 16.1 Å². The first-order valence-electron chi connectivity index (χ1n) is 9.17. The molecule has 0 aliphatic carbocycles. The lowest BCUT2D eigenvalue weighted by molar-refractivity contribution is -0.135. The molecule has 6 nitrogen and oxygen atoms in total. The third kappa shape index (κ3) is 3.47. The van der Waals surface area contributed by atoms with E-state index in [1.165, 1.54) is 4.90 Å². The largest absolute Gasteiger partial charge is 0.373 e. The van der Waals surface area contributed by atoms with E-state index in [1.807, 2.05) is 0 Å². The second kappa shape index (κ2) is 7.79. The third-order valence-corrected chi connectivity index (χ3v) is 5.56. The fourth-order valence-corrected chi connectivity index (χ4v) is 3.96. The number of hydrogen-bond donors (Lipinski definition) is 2. The minimum absolute atomic E-state index is 0.000427. The van der Waals surface area contributed by atoms with Gasteiger partial charge in [0.1, 0.15) is 6.04 Å². The van der Waals surface area contributed by atoms with Gasteiger partial charge in [-0.2, -0.15) is 0 Å². The van der Waals surface area contributed by atoms with Crippen LogP contribution in [0, 0.1) is 11.6 Å². The van der Waals surface area contributed by atoms with Gasteiger partial charge in [0.2, 0.25) is 5.91 Å². The summed E-state index contributed by atoms with van der Waals surface area (Å²) >= 11 is 6.00. The summed E-state index contributed by atoms with van der Waals surface area (Å²) in [6.45, 7) is 0.191. The molecule has 4 rings (SSSR count). The number of H-pyrrole nitrogens is 1. The number of nitrogens with zero attached hydrogens (tertiary/aromatic N) is 1. The summed E-state index contributed by atoms with van der Waals surface area (Å²) < 4.78 is 33.3. The molecular weight excluding hydrogens is 416 g/mol. The molecule has 3 aromatic rings. The minimum Gasteiger partial charge on any atom is -0.373 e. The van der Waals surface area contributed by atoms with Gasteiger partial charge in [-0.3, -0.25) is 9.59 Å². The number of amides is 1. The normalized spacial score (nSPS) is 16.9. The Hall–Kier alpha value is -2.81. The molecule has 1 amide bonds. The minimum atomic E-state index is -1.12. The summed E-state index contributed by atoms with van der Waals surface area (Å²) in [6.07, 6.45) is 0. The predicted molar refractivity (Wildman–Crippen MR) is 108 cm³/mol. The third-order valence-electron chi connectivity index (χ3n) is 5.33. The van der Waals surface area contributed by atoms with E-state index >= 15 is 0 Å². The highest BCUT2D eigenvalue weighted by Gasteiger charge is 2.33. The number of rotatable bonds is 3. The average Bonchev–Trinajstić information content (AvgIpc) is 2.73. The number of aromatic amines is 1. The lowest BCUT2D eigenvalue weighted by Crippen LogP contribution is -2.42. The van der Waals surface area contributed by atoms with Gasteiger partial charge in [0.15, 0.2) is 11.6 Å². The molecule has 0 bridgehead atoms. The zero-order valence-corrected chi connectivity index (χ0v) is 16.7. The van der Waals surface area contributed by atoms with Crippen molar-refractivity contribution in [2.75, 3.05) is 13.7 Å². The first-order chi connectivity index (χ1) is 14.3. The summed E-state index contributed by atoms with van der Waals surface area (Å²) in [5, 5.41) is 0.683. The molecular formula is C21H18ClF2N3O3. The first kappa shape index (κ1) is 20.5. The highest BCUT2D eigenvalue weighted by Crippen LogP contribution is 2.34. The summed E-state index contributed by atoms with van der Waals surface area (Å²) in [6, 6.07) is 6.86. The molecule has 0 fully saturated rings. The Kier molecular flexibility index (Phi) is 5.31. The number of aromatic nitrogens is 1. The molecule has 0 radical (unpaired) electrons. The number of nitrogens with two attached hydrogens (primary N) is 1. The van der Waals surface area contributed by atoms with Gasteiger partial charge in [-0.1, -0.05) is 23.7 Å². The van der Waals surface area contributed by atoms with Crippen molar-refractivity contribution in [2.24, 2.45) is 5.73 Å². The van der Waals surface area contributed by atoms with Gasteiger partial charge >= 0.3 is 0 Å². The van der Waals surface area contributed by atoms with Crippen LogP contribution >= 0.6 is 11.6 Å². The molecule has 30 heavy (non-hydrogen) atoms. The maximum absolute atomic E-state index is 14.0. The Morgan fingerprint density at radius 2 is 1.97 bits per heavy atom. The van der Waals surface area contributed by atoms with Crippen LogP contribution in [0.4, 0.5) is 8.78 Å². The Morgan fingerprint density at radius 1 is 1.27 bits per heavy atom. The number of pyridine rings is 1. The summed E-state index contributed by atoms with van der Waals surface area (Å²) in [5.74, 6) is -2.62. The Morgan fingerprint density at radius 3 is 2.67 bits per heavy atom. The van der Waals surface area contributed by atoms with Crippen molar-refractivity contribution in [3.05, 3.63) is 80.2 Å². The first-order valence-corrected chi connectivity index (χ1v) is 9.55. The maximum atomic E-state index is 14.0. The van der Waals surface area contributed by atoms with Crippen LogP contribution < -0.4 is 11.3 Å². The van der Waals surface area contributed by atoms with E-state index < -0.39 is 35.2 Å². The molecule has 2 atom stereocenters. The number of likely N-dealkylation sites (N-methyl/N-ethyl adjacent to an activating group) is 1. The molecule has 0 saturated heterocycles. The van der Waals surface area contributed by atoms with Gasteiger partial charge in [0.25, 0.3) is 5.56 Å². The van der Waals surface area contributed by atoms with Crippen LogP contribution in [0.15, 0.2) is 41.2 Å². The smallest absolute Gasteiger partial charge is 0.256 e. The number of carbonyl (C=O) groups is 1. The van der Waals surface area contributed by atoms with E-state index in [2.05, 4.69) is 4.98 Å². The number of hydrogen-bond acceptors (Lipinski definition) is 4. The van der Waals surface area contributed by atoms with Crippen LogP contribution in [-0.4, -0.2) is 29.4 Å². The maximum Gasteiger partial charge on any atom is 0.256 e. The van der Waals surface area contributed by atoms with Crippen molar-refractivity contribution in [1.82, 2.24) is 9.88 Å². The van der Waals surface area contributed by atoms with Crippen LogP contribution in [0.3, 0.4) is 0 Å². The topological polar surface area (TPSA) is 88.4 Å². The van der Waals surface area contributed by atoms with E-state index in [0.717, 1.165) is 12.1 Å². The highest BCUT2D eigenvalue weighted by molar-refractivity contribution is 6.30. The van der Waals surface area contributed by atoms with Crippen LogP contribution in [0.5, 0.6) is 0 Å². The van der Waals surface area contributed by atoms with Gasteiger partial charge in [0.05, 0.1) is 24.6 Å². The standard InChI is InChI=1S/C21H18ClF2N3O3/c1-27(21(29)19(25)10-3-2-4-11(22)5-10)17-9-30-8-16-18(17)12-6-14(23)15(24)7-13(12)20(28)26-16/h2-7,17,19H,8-9,25H2,1H3,(H,26,28)/t17-,19?/m1/s1. The molecule has 1 aromatic heterocycles. The molecule has 1 aliphatic heterocycles. The van der Waals surface area contributed by atoms with Crippen molar-refractivity contribution in [2.45, 2.75) is 18.7 Å². The van der Waals surface area contributed by atoms with Crippen LogP contribution in [0.1, 0.15) is 28.9 Å². The molecule has 1 unspecified atom stereocenters. The van der Waals surface area contributed by atoms with Crippen molar-refractivity contribution in [3.63, 3.8) is 0 Å². The quantitative estimate of drug-likeness (QED) is 0.664. The van der Waals surface area contributed by atoms with E-state index in [4.69, 9.17) is 22.1 Å². The van der Waals surface area contributed by atoms with E-state index in [-0.39, 0.29) is 24.0 Å². The van der Waals surface area contributed by atoms with Crippen LogP contribution in [0.25, 0.3) is 10.8 Å². The van der Waals surface area contributed by atoms with E-state index in [0.29, 0.717) is 21.8 Å². The zero-order chi connectivity index (χ0) is 21.6. The number of ether oxygens (including phenoxy) is 1. The molecule has 0 spiro atoms. The number of benzene rings is 2. The van der Waals surface area contributed by atoms with Gasteiger partial charge in [-0.15, -0.1) is 0 Å². The van der Waals surface area contributed by atoms with Gasteiger partial charge in [0, 0.05) is 23.3 Å². The molecule has 0 saturated carbocycles. The Bertz CT molecular complexity index is 1210. The molecule has 2 heterocycles. The monoisotopic (exact) mass is 433 g/mol. The van der Waals surface area contributed by atoms with Crippen molar-refractivity contribution >= 4 is 28.3 Å². The number of nitrogens with one attached hydrogen (secondary N) is 1. The van der Waals surface area contributed by atoms with Gasteiger partial charge < -0.3 is 20.4 Å². The molecule has 9 heteroatoms. The van der Waals surface area contributed by atoms with Crippen molar-refractivity contribution in [3.8, 4) is 0 Å². The second-order valence-electron chi connectivity index (χ2n) is 7.17. The summed E-state index contributed by atoms with van der Waals surface area (Å²) in [4.78, 5) is 29.5. The van der Waals surface area contributed by atoms with Gasteiger partial charge in [-0.25, -0.2) is 8.78 Å². The number of fused-ring (bicyclic) bond motifs is 3. The number of carbonyl (C=O) groups excluding carboxylic acids is 1. The Labute approximate surface area is 175 Å². The van der Waals surface area contributed by atoms with Crippen molar-refractivity contribution in [1.29, 1.82) is 0 Å². The fraction of sp³-hybridized carbons (Fsp3) is 0.238. The van der Waals surface area contributed by atoms with E-state index in [9.17, 15) is 18.4 Å². The SMILES string of the molecule is CN(C(=O)C(N)c1cccc(Cl)c1)[C@@H]1COCc2[nH]c(=O)c3cc(F)c(F)cc3c21. The molecule has 2 aromatic carbocycles. The molecule has 156 valence electrons. The highest BCUT2D eigenvalue weighted by atomic mass is 35.5. The lowest BCUT2D eigenvalue weighted by Gasteiger charge is -2.35. The molecule has 1 aliphatic rings. The molecule has 3 N–H and O–H groups in total. The van der Waals surface area contributed by atoms with Gasteiger partial charge in [-0.05, 0) is 35.2 Å².